The highest BCUT2D eigenvalue weighted by atomic mass is 16.5. The minimum atomic E-state index is -0.160. The van der Waals surface area contributed by atoms with Gasteiger partial charge in [-0.25, -0.2) is 9.20 Å². The van der Waals surface area contributed by atoms with Crippen molar-refractivity contribution in [3.63, 3.8) is 0 Å². The number of fused-ring (bicyclic) bond motifs is 1. The summed E-state index contributed by atoms with van der Waals surface area (Å²) in [5.41, 5.74) is 3.70. The van der Waals surface area contributed by atoms with Gasteiger partial charge in [-0.2, -0.15) is 10.2 Å². The van der Waals surface area contributed by atoms with Gasteiger partial charge in [0, 0.05) is 38.0 Å². The fraction of sp³-hybridized carbons (Fsp3) is 0.250. The maximum absolute atomic E-state index is 12.3. The van der Waals surface area contributed by atoms with Crippen molar-refractivity contribution >= 4 is 11.4 Å². The summed E-state index contributed by atoms with van der Waals surface area (Å²) in [6.07, 6.45) is 1.79. The predicted octanol–water partition coefficient (Wildman–Crippen LogP) is 3.27. The molecule has 0 N–H and O–H groups in total. The number of pyridine rings is 1. The molecule has 0 atom stereocenters. The van der Waals surface area contributed by atoms with Crippen molar-refractivity contribution in [3.8, 4) is 28.3 Å². The van der Waals surface area contributed by atoms with E-state index in [1.807, 2.05) is 50.2 Å². The van der Waals surface area contributed by atoms with E-state index in [1.54, 1.807) is 36.9 Å². The lowest BCUT2D eigenvalue weighted by Crippen LogP contribution is -2.27. The Morgan fingerprint density at radius 1 is 1.06 bits per heavy atom. The number of carbonyl (C=O) groups is 1. The molecule has 0 unspecified atom stereocenters. The topological polar surface area (TPSA) is 81.7 Å². The van der Waals surface area contributed by atoms with Crippen LogP contribution < -0.4 is 10.3 Å². The van der Waals surface area contributed by atoms with E-state index in [0.717, 1.165) is 22.3 Å². The summed E-state index contributed by atoms with van der Waals surface area (Å²) in [5, 5.41) is 9.41. The fourth-order valence-electron chi connectivity index (χ4n) is 3.37. The maximum atomic E-state index is 12.3. The Labute approximate surface area is 185 Å². The number of aromatic nitrogens is 4. The van der Waals surface area contributed by atoms with Gasteiger partial charge in [-0.3, -0.25) is 9.59 Å². The van der Waals surface area contributed by atoms with Crippen LogP contribution in [0.2, 0.25) is 0 Å². The van der Waals surface area contributed by atoms with Crippen LogP contribution in [0.15, 0.2) is 65.6 Å². The molecule has 0 aliphatic carbocycles. The van der Waals surface area contributed by atoms with E-state index in [0.29, 0.717) is 11.4 Å². The molecule has 0 saturated carbocycles. The quantitative estimate of drug-likeness (QED) is 0.468. The maximum Gasteiger partial charge on any atom is 0.267 e. The van der Waals surface area contributed by atoms with E-state index in [-0.39, 0.29) is 24.1 Å². The summed E-state index contributed by atoms with van der Waals surface area (Å²) in [7, 11) is 3.37. The Morgan fingerprint density at radius 3 is 2.50 bits per heavy atom. The third-order valence-corrected chi connectivity index (χ3v) is 5.09. The molecule has 0 spiro atoms. The minimum absolute atomic E-state index is 0.0608. The second-order valence-corrected chi connectivity index (χ2v) is 7.95. The van der Waals surface area contributed by atoms with Gasteiger partial charge < -0.3 is 9.64 Å². The van der Waals surface area contributed by atoms with E-state index < -0.39 is 0 Å². The van der Waals surface area contributed by atoms with Gasteiger partial charge in [-0.15, -0.1) is 0 Å². The monoisotopic (exact) mass is 431 g/mol. The van der Waals surface area contributed by atoms with Crippen LogP contribution in [-0.4, -0.2) is 50.9 Å². The van der Waals surface area contributed by atoms with E-state index in [9.17, 15) is 9.59 Å². The molecule has 32 heavy (non-hydrogen) atoms. The normalized spacial score (nSPS) is 11.2. The van der Waals surface area contributed by atoms with Crippen molar-refractivity contribution in [1.82, 2.24) is 24.3 Å². The lowest BCUT2D eigenvalue weighted by Gasteiger charge is -2.12. The highest BCUT2D eigenvalue weighted by Gasteiger charge is 2.19. The number of carbonyl (C=O) groups excluding carboxylic acids is 1. The van der Waals surface area contributed by atoms with Crippen LogP contribution in [0, 0.1) is 0 Å². The number of hydrogen-bond acceptors (Lipinski definition) is 5. The Balaban J connectivity index is 1.89. The van der Waals surface area contributed by atoms with Crippen LogP contribution in [0.1, 0.15) is 19.9 Å². The van der Waals surface area contributed by atoms with Gasteiger partial charge in [0.05, 0.1) is 22.8 Å². The van der Waals surface area contributed by atoms with E-state index in [2.05, 4.69) is 5.10 Å². The molecule has 4 aromatic rings. The van der Waals surface area contributed by atoms with E-state index in [4.69, 9.17) is 9.84 Å². The van der Waals surface area contributed by atoms with Crippen molar-refractivity contribution in [2.45, 2.75) is 19.9 Å². The zero-order valence-corrected chi connectivity index (χ0v) is 18.5. The van der Waals surface area contributed by atoms with Crippen LogP contribution in [-0.2, 0) is 4.79 Å². The molecular formula is C24H25N5O3. The second-order valence-electron chi connectivity index (χ2n) is 7.95. The lowest BCUT2D eigenvalue weighted by atomic mass is 10.0. The van der Waals surface area contributed by atoms with Crippen molar-refractivity contribution in [2.75, 3.05) is 20.7 Å². The van der Waals surface area contributed by atoms with Crippen LogP contribution in [0.25, 0.3) is 28.0 Å². The largest absolute Gasteiger partial charge is 0.484 e. The molecule has 1 aromatic carbocycles. The first-order valence-electron chi connectivity index (χ1n) is 10.4. The van der Waals surface area contributed by atoms with Gasteiger partial charge in [-0.1, -0.05) is 30.3 Å². The number of rotatable bonds is 6. The summed E-state index contributed by atoms with van der Waals surface area (Å²) in [4.78, 5) is 25.7. The first-order chi connectivity index (χ1) is 15.3. The van der Waals surface area contributed by atoms with Gasteiger partial charge in [0.25, 0.3) is 11.5 Å². The number of nitrogens with zero attached hydrogens (tertiary/aromatic N) is 5. The Morgan fingerprint density at radius 2 is 1.81 bits per heavy atom. The molecule has 3 heterocycles. The second kappa shape index (κ2) is 8.66. The molecule has 0 aliphatic rings. The number of hydrogen-bond donors (Lipinski definition) is 0. The summed E-state index contributed by atoms with van der Waals surface area (Å²) >= 11 is 0. The van der Waals surface area contributed by atoms with Gasteiger partial charge >= 0.3 is 0 Å². The smallest absolute Gasteiger partial charge is 0.267 e. The molecule has 0 radical (unpaired) electrons. The molecule has 0 aliphatic heterocycles. The third kappa shape index (κ3) is 4.12. The van der Waals surface area contributed by atoms with Gasteiger partial charge in [-0.05, 0) is 26.0 Å². The van der Waals surface area contributed by atoms with Crippen LogP contribution in [0.4, 0.5) is 0 Å². The zero-order chi connectivity index (χ0) is 22.8. The Kier molecular flexibility index (Phi) is 5.77. The number of benzene rings is 1. The van der Waals surface area contributed by atoms with Crippen molar-refractivity contribution in [2.24, 2.45) is 0 Å². The average Bonchev–Trinajstić information content (AvgIpc) is 3.17. The molecule has 1 amide bonds. The molecule has 164 valence electrons. The lowest BCUT2D eigenvalue weighted by molar-refractivity contribution is -0.130. The highest BCUT2D eigenvalue weighted by Crippen LogP contribution is 2.35. The first-order valence-corrected chi connectivity index (χ1v) is 10.4. The molecule has 8 nitrogen and oxygen atoms in total. The molecule has 0 fully saturated rings. The van der Waals surface area contributed by atoms with Crippen molar-refractivity contribution < 1.29 is 9.53 Å². The van der Waals surface area contributed by atoms with Crippen molar-refractivity contribution in [3.05, 3.63) is 71.1 Å². The predicted molar refractivity (Wildman–Crippen MR) is 123 cm³/mol. The molecule has 3 aromatic heterocycles. The molecule has 4 rings (SSSR count). The number of ether oxygens (including phenoxy) is 1. The summed E-state index contributed by atoms with van der Waals surface area (Å²) in [6.45, 7) is 3.77. The summed E-state index contributed by atoms with van der Waals surface area (Å²) in [6, 6.07) is 16.6. The zero-order valence-electron chi connectivity index (χ0n) is 18.5. The van der Waals surface area contributed by atoms with Crippen LogP contribution in [0.5, 0.6) is 5.75 Å². The highest BCUT2D eigenvalue weighted by molar-refractivity contribution is 5.91. The number of likely N-dealkylation sites (N-methyl/N-ethyl adjacent to an activating group) is 1. The molecule has 0 saturated heterocycles. The molecule has 0 bridgehead atoms. The number of amides is 1. The van der Waals surface area contributed by atoms with Gasteiger partial charge in [0.15, 0.2) is 6.61 Å². The minimum Gasteiger partial charge on any atom is -0.484 e. The first kappa shape index (κ1) is 21.3. The van der Waals surface area contributed by atoms with Gasteiger partial charge in [0.1, 0.15) is 11.4 Å². The summed E-state index contributed by atoms with van der Waals surface area (Å²) < 4.78 is 8.93. The van der Waals surface area contributed by atoms with Crippen LogP contribution >= 0.6 is 0 Å². The Hall–Kier alpha value is -3.94. The standard InChI is InChI=1S/C24H25N5O3/c1-16(2)29-21(30)11-10-19(25-29)23-20-14-18(32-15-22(31)27(3)4)12-13-28(20)26-24(23)17-8-6-5-7-9-17/h5-14,16H,15H2,1-4H3. The van der Waals surface area contributed by atoms with E-state index in [1.165, 1.54) is 15.6 Å². The SMILES string of the molecule is CC(C)n1nc(-c2c(-c3ccccc3)nn3ccc(OCC(=O)N(C)C)cc23)ccc1=O. The summed E-state index contributed by atoms with van der Waals surface area (Å²) in [5.74, 6) is 0.417. The van der Waals surface area contributed by atoms with E-state index >= 15 is 0 Å². The van der Waals surface area contributed by atoms with Gasteiger partial charge in [0.2, 0.25) is 0 Å². The van der Waals surface area contributed by atoms with Crippen LogP contribution in [0.3, 0.4) is 0 Å². The third-order valence-electron chi connectivity index (χ3n) is 5.09. The molecule has 8 heteroatoms. The molecular weight excluding hydrogens is 406 g/mol. The fourth-order valence-corrected chi connectivity index (χ4v) is 3.37. The average molecular weight is 431 g/mol. The van der Waals surface area contributed by atoms with Crippen molar-refractivity contribution in [1.29, 1.82) is 0 Å². The Bertz CT molecular complexity index is 1320.